The van der Waals surface area contributed by atoms with Gasteiger partial charge in [-0.15, -0.1) is 0 Å². The molecule has 1 N–H and O–H groups in total. The summed E-state index contributed by atoms with van der Waals surface area (Å²) in [6.07, 6.45) is 15.0. The van der Waals surface area contributed by atoms with E-state index in [1.807, 2.05) is 52.1 Å². The molecule has 2 aromatic rings. The van der Waals surface area contributed by atoms with Crippen molar-refractivity contribution in [1.29, 1.82) is 5.26 Å². The topological polar surface area (TPSA) is 64.8 Å². The Morgan fingerprint density at radius 3 is 2.53 bits per heavy atom. The maximum Gasteiger partial charge on any atom is 0.0937 e. The van der Waals surface area contributed by atoms with E-state index in [1.165, 1.54) is 30.6 Å². The number of unbranched alkanes of at least 4 members (excludes halogenated alkanes) is 1. The molecule has 200 valence electrons. The fourth-order valence-electron chi connectivity index (χ4n) is 4.64. The van der Waals surface area contributed by atoms with E-state index in [0.717, 1.165) is 71.7 Å². The molecular weight excluding hydrogens is 466 g/mol. The predicted molar refractivity (Wildman–Crippen MR) is 161 cm³/mol. The van der Waals surface area contributed by atoms with Crippen molar-refractivity contribution in [3.8, 4) is 6.07 Å². The van der Waals surface area contributed by atoms with Crippen LogP contribution < -0.4 is 10.2 Å². The zero-order chi connectivity index (χ0) is 27.7. The number of nitrogens with one attached hydrogen (secondary N) is 1. The minimum absolute atomic E-state index is 0.672. The standard InChI is InChI=1S/C33H43N5/c1-8-10-14-30-31(38-17-12-11-13-18-38)19-27(22-36-30)29(24(3)4)21-28(9-2)37-25(5)26-15-16-35-32(20-26)33(6,7)23-34/h9,15-16,19-22,37H,3,5,8,10-14,17-18H2,1-2,4,6-7H3/b28-9+,29-21+. The van der Waals surface area contributed by atoms with E-state index >= 15 is 0 Å². The first-order valence-electron chi connectivity index (χ1n) is 13.8. The molecule has 1 aliphatic rings. The molecule has 0 amide bonds. The molecule has 0 aromatic carbocycles. The number of aryl methyl sites for hydroxylation is 1. The average molecular weight is 510 g/mol. The van der Waals surface area contributed by atoms with E-state index in [1.54, 1.807) is 6.20 Å². The highest BCUT2D eigenvalue weighted by Crippen LogP contribution is 2.31. The summed E-state index contributed by atoms with van der Waals surface area (Å²) in [5.41, 5.74) is 8.19. The first-order valence-corrected chi connectivity index (χ1v) is 13.8. The zero-order valence-electron chi connectivity index (χ0n) is 23.9. The number of aromatic nitrogens is 2. The number of nitrogens with zero attached hydrogens (tertiary/aromatic N) is 4. The fourth-order valence-corrected chi connectivity index (χ4v) is 4.64. The second-order valence-corrected chi connectivity index (χ2v) is 10.7. The first kappa shape index (κ1) is 28.9. The summed E-state index contributed by atoms with van der Waals surface area (Å²) in [6, 6.07) is 8.47. The van der Waals surface area contributed by atoms with Crippen molar-refractivity contribution >= 4 is 17.0 Å². The van der Waals surface area contributed by atoms with Crippen molar-refractivity contribution in [2.45, 2.75) is 78.6 Å². The lowest BCUT2D eigenvalue weighted by Crippen LogP contribution is -2.30. The Bertz CT molecular complexity index is 1250. The molecule has 0 bridgehead atoms. The van der Waals surface area contributed by atoms with Crippen LogP contribution in [-0.4, -0.2) is 23.1 Å². The second-order valence-electron chi connectivity index (χ2n) is 10.7. The van der Waals surface area contributed by atoms with Gasteiger partial charge in [-0.05, 0) is 89.6 Å². The van der Waals surface area contributed by atoms with Crippen LogP contribution in [0.25, 0.3) is 11.3 Å². The third kappa shape index (κ3) is 7.22. The highest BCUT2D eigenvalue weighted by molar-refractivity contribution is 5.81. The number of anilines is 1. The van der Waals surface area contributed by atoms with Gasteiger partial charge in [0.15, 0.2) is 0 Å². The lowest BCUT2D eigenvalue weighted by Gasteiger charge is -2.31. The number of piperidine rings is 1. The summed E-state index contributed by atoms with van der Waals surface area (Å²) in [6.45, 7) is 20.8. The van der Waals surface area contributed by atoms with Gasteiger partial charge in [-0.2, -0.15) is 5.26 Å². The molecule has 1 aliphatic heterocycles. The van der Waals surface area contributed by atoms with Crippen molar-refractivity contribution in [3.63, 3.8) is 0 Å². The molecule has 3 rings (SSSR count). The van der Waals surface area contributed by atoms with Crippen molar-refractivity contribution in [2.75, 3.05) is 18.0 Å². The third-order valence-corrected chi connectivity index (χ3v) is 7.12. The largest absolute Gasteiger partial charge is 0.370 e. The van der Waals surface area contributed by atoms with Crippen LogP contribution in [-0.2, 0) is 11.8 Å². The first-order chi connectivity index (χ1) is 18.2. The fraction of sp³-hybridized carbons (Fsp3) is 0.424. The molecule has 5 heteroatoms. The molecule has 38 heavy (non-hydrogen) atoms. The van der Waals surface area contributed by atoms with Gasteiger partial charge >= 0.3 is 0 Å². The van der Waals surface area contributed by atoms with E-state index in [9.17, 15) is 5.26 Å². The smallest absolute Gasteiger partial charge is 0.0937 e. The summed E-state index contributed by atoms with van der Waals surface area (Å²) in [4.78, 5) is 11.9. The van der Waals surface area contributed by atoms with Gasteiger partial charge < -0.3 is 10.2 Å². The summed E-state index contributed by atoms with van der Waals surface area (Å²) in [5, 5.41) is 13.0. The third-order valence-electron chi connectivity index (χ3n) is 7.12. The Balaban J connectivity index is 1.92. The van der Waals surface area contributed by atoms with Gasteiger partial charge in [0.2, 0.25) is 0 Å². The number of rotatable bonds is 11. The van der Waals surface area contributed by atoms with Gasteiger partial charge in [-0.1, -0.05) is 38.2 Å². The molecule has 3 heterocycles. The molecule has 0 radical (unpaired) electrons. The van der Waals surface area contributed by atoms with Crippen LogP contribution in [0.1, 0.15) is 89.2 Å². The van der Waals surface area contributed by atoms with Crippen LogP contribution in [0.4, 0.5) is 5.69 Å². The Morgan fingerprint density at radius 1 is 1.16 bits per heavy atom. The second kappa shape index (κ2) is 13.2. The summed E-state index contributed by atoms with van der Waals surface area (Å²) in [7, 11) is 0. The van der Waals surface area contributed by atoms with Crippen LogP contribution in [0.15, 0.2) is 67.2 Å². The summed E-state index contributed by atoms with van der Waals surface area (Å²) in [5.74, 6) is 0. The lowest BCUT2D eigenvalue weighted by molar-refractivity contribution is 0.574. The van der Waals surface area contributed by atoms with Crippen molar-refractivity contribution in [2.24, 2.45) is 0 Å². The molecule has 2 aromatic heterocycles. The molecule has 5 nitrogen and oxygen atoms in total. The highest BCUT2D eigenvalue weighted by Gasteiger charge is 2.22. The van der Waals surface area contributed by atoms with E-state index in [4.69, 9.17) is 4.98 Å². The van der Waals surface area contributed by atoms with Crippen LogP contribution in [0.5, 0.6) is 0 Å². The summed E-state index contributed by atoms with van der Waals surface area (Å²) < 4.78 is 0. The Kier molecular flexibility index (Phi) is 10.1. The van der Waals surface area contributed by atoms with Crippen LogP contribution in [0.2, 0.25) is 0 Å². The van der Waals surface area contributed by atoms with E-state index < -0.39 is 5.41 Å². The molecule has 0 aliphatic carbocycles. The maximum absolute atomic E-state index is 9.52. The highest BCUT2D eigenvalue weighted by atomic mass is 15.1. The molecular formula is C33H43N5. The summed E-state index contributed by atoms with van der Waals surface area (Å²) >= 11 is 0. The maximum atomic E-state index is 9.52. The van der Waals surface area contributed by atoms with Gasteiger partial charge in [0.05, 0.1) is 28.6 Å². The lowest BCUT2D eigenvalue weighted by atomic mass is 9.90. The molecule has 0 spiro atoms. The normalized spacial score (nSPS) is 14.7. The van der Waals surface area contributed by atoms with E-state index in [-0.39, 0.29) is 0 Å². The minimum atomic E-state index is -0.672. The van der Waals surface area contributed by atoms with E-state index in [2.05, 4.69) is 53.5 Å². The van der Waals surface area contributed by atoms with Crippen molar-refractivity contribution in [1.82, 2.24) is 15.3 Å². The zero-order valence-corrected chi connectivity index (χ0v) is 23.9. The van der Waals surface area contributed by atoms with Gasteiger partial charge in [-0.3, -0.25) is 9.97 Å². The molecule has 1 saturated heterocycles. The van der Waals surface area contributed by atoms with Crippen LogP contribution >= 0.6 is 0 Å². The molecule has 0 saturated carbocycles. The quantitative estimate of drug-likeness (QED) is 0.314. The predicted octanol–water partition coefficient (Wildman–Crippen LogP) is 7.73. The number of allylic oxidation sites excluding steroid dienone is 4. The Labute approximate surface area is 229 Å². The number of nitriles is 1. The minimum Gasteiger partial charge on any atom is -0.370 e. The monoisotopic (exact) mass is 509 g/mol. The molecule has 0 atom stereocenters. The molecule has 0 unspecified atom stereocenters. The Hall–Kier alpha value is -3.65. The van der Waals surface area contributed by atoms with Gasteiger partial charge in [0, 0.05) is 48.0 Å². The van der Waals surface area contributed by atoms with Crippen molar-refractivity contribution in [3.05, 3.63) is 89.7 Å². The number of hydrogen-bond acceptors (Lipinski definition) is 5. The van der Waals surface area contributed by atoms with Gasteiger partial charge in [-0.25, -0.2) is 0 Å². The SMILES string of the molecule is C=C(C)/C(=C\C(=C/C)NC(=C)c1ccnc(C(C)(C)C#N)c1)c1cnc(CCCC)c(N2CCCCC2)c1. The number of hydrogen-bond donors (Lipinski definition) is 1. The Morgan fingerprint density at radius 2 is 1.89 bits per heavy atom. The van der Waals surface area contributed by atoms with Gasteiger partial charge in [0.1, 0.15) is 0 Å². The number of pyridine rings is 2. The van der Waals surface area contributed by atoms with Crippen LogP contribution in [0, 0.1) is 11.3 Å². The van der Waals surface area contributed by atoms with Crippen molar-refractivity contribution < 1.29 is 0 Å². The average Bonchev–Trinajstić information content (AvgIpc) is 2.94. The van der Waals surface area contributed by atoms with Crippen LogP contribution in [0.3, 0.4) is 0 Å². The van der Waals surface area contributed by atoms with E-state index in [0.29, 0.717) is 0 Å². The molecule has 1 fully saturated rings. The van der Waals surface area contributed by atoms with Gasteiger partial charge in [0.25, 0.3) is 0 Å².